The molecule has 0 bridgehead atoms. The number of carbonyl (C=O) groups is 2. The summed E-state index contributed by atoms with van der Waals surface area (Å²) >= 11 is 6.14. The molecular weight excluding hydrogens is 254 g/mol. The highest BCUT2D eigenvalue weighted by molar-refractivity contribution is 6.31. The fourth-order valence-electron chi connectivity index (χ4n) is 2.58. The molecule has 94 valence electrons. The second-order valence-corrected chi connectivity index (χ2v) is 4.90. The van der Waals surface area contributed by atoms with Crippen molar-refractivity contribution in [1.82, 2.24) is 15.2 Å². The minimum Gasteiger partial charge on any atom is -0.347 e. The summed E-state index contributed by atoms with van der Waals surface area (Å²) in [5.74, 6) is -0.177. The van der Waals surface area contributed by atoms with Crippen molar-refractivity contribution in [3.8, 4) is 0 Å². The summed E-state index contributed by atoms with van der Waals surface area (Å²) < 4.78 is 0. The molecule has 3 heterocycles. The van der Waals surface area contributed by atoms with Gasteiger partial charge >= 0.3 is 0 Å². The van der Waals surface area contributed by atoms with Gasteiger partial charge in [-0.3, -0.25) is 14.6 Å². The Hall–Kier alpha value is -1.62. The molecule has 1 atom stereocenters. The maximum Gasteiger partial charge on any atom is 0.242 e. The summed E-state index contributed by atoms with van der Waals surface area (Å²) in [6, 6.07) is 1.47. The van der Waals surface area contributed by atoms with Crippen LogP contribution in [0.1, 0.15) is 23.7 Å². The van der Waals surface area contributed by atoms with Crippen LogP contribution in [-0.2, 0) is 16.0 Å². The van der Waals surface area contributed by atoms with Crippen LogP contribution in [0, 0.1) is 0 Å². The Morgan fingerprint density at radius 1 is 1.44 bits per heavy atom. The SMILES string of the molecule is O=C1CC2c3nccc(Cl)c3CCN2C(=O)CN1. The Kier molecular flexibility index (Phi) is 2.70. The molecule has 2 aliphatic rings. The molecule has 1 aromatic rings. The van der Waals surface area contributed by atoms with Crippen molar-refractivity contribution < 1.29 is 9.59 Å². The minimum atomic E-state index is -0.276. The Balaban J connectivity index is 2.07. The Morgan fingerprint density at radius 3 is 3.11 bits per heavy atom. The van der Waals surface area contributed by atoms with Gasteiger partial charge in [-0.25, -0.2) is 0 Å². The van der Waals surface area contributed by atoms with E-state index in [0.29, 0.717) is 18.0 Å². The van der Waals surface area contributed by atoms with E-state index in [0.717, 1.165) is 11.3 Å². The van der Waals surface area contributed by atoms with E-state index in [2.05, 4.69) is 10.3 Å². The summed E-state index contributed by atoms with van der Waals surface area (Å²) in [5.41, 5.74) is 1.72. The van der Waals surface area contributed by atoms with Crippen LogP contribution in [0.25, 0.3) is 0 Å². The first kappa shape index (κ1) is 11.5. The van der Waals surface area contributed by atoms with Gasteiger partial charge in [-0.2, -0.15) is 0 Å². The lowest BCUT2D eigenvalue weighted by molar-refractivity contribution is -0.132. The molecule has 0 aliphatic carbocycles. The van der Waals surface area contributed by atoms with Gasteiger partial charge in [0.25, 0.3) is 0 Å². The first-order valence-corrected chi connectivity index (χ1v) is 6.24. The zero-order valence-corrected chi connectivity index (χ0v) is 10.4. The molecule has 1 aromatic heterocycles. The van der Waals surface area contributed by atoms with E-state index >= 15 is 0 Å². The van der Waals surface area contributed by atoms with Crippen molar-refractivity contribution in [1.29, 1.82) is 0 Å². The smallest absolute Gasteiger partial charge is 0.242 e. The van der Waals surface area contributed by atoms with Crippen molar-refractivity contribution >= 4 is 23.4 Å². The van der Waals surface area contributed by atoms with Gasteiger partial charge in [0, 0.05) is 17.8 Å². The van der Waals surface area contributed by atoms with Crippen molar-refractivity contribution in [2.75, 3.05) is 13.1 Å². The quantitative estimate of drug-likeness (QED) is 0.750. The Bertz CT molecular complexity index is 532. The Labute approximate surface area is 109 Å². The maximum atomic E-state index is 11.9. The van der Waals surface area contributed by atoms with Crippen LogP contribution in [0.3, 0.4) is 0 Å². The topological polar surface area (TPSA) is 62.3 Å². The van der Waals surface area contributed by atoms with Crippen LogP contribution in [0.4, 0.5) is 0 Å². The molecule has 2 aliphatic heterocycles. The number of nitrogens with zero attached hydrogens (tertiary/aromatic N) is 2. The van der Waals surface area contributed by atoms with Crippen molar-refractivity contribution in [2.45, 2.75) is 18.9 Å². The molecule has 18 heavy (non-hydrogen) atoms. The van der Waals surface area contributed by atoms with Crippen LogP contribution >= 0.6 is 11.6 Å². The molecule has 6 heteroatoms. The third kappa shape index (κ3) is 1.75. The average molecular weight is 266 g/mol. The van der Waals surface area contributed by atoms with E-state index in [4.69, 9.17) is 11.6 Å². The van der Waals surface area contributed by atoms with Crippen LogP contribution in [0.2, 0.25) is 5.02 Å². The number of rotatable bonds is 0. The van der Waals surface area contributed by atoms with Gasteiger partial charge < -0.3 is 10.2 Å². The van der Waals surface area contributed by atoms with Gasteiger partial charge in [-0.1, -0.05) is 11.6 Å². The lowest BCUT2D eigenvalue weighted by atomic mass is 9.95. The number of hydrogen-bond acceptors (Lipinski definition) is 3. The first-order valence-electron chi connectivity index (χ1n) is 5.86. The summed E-state index contributed by atoms with van der Waals surface area (Å²) in [6.07, 6.45) is 2.57. The maximum absolute atomic E-state index is 11.9. The second kappa shape index (κ2) is 4.24. The van der Waals surface area contributed by atoms with E-state index in [1.54, 1.807) is 17.2 Å². The number of carbonyl (C=O) groups excluding carboxylic acids is 2. The zero-order valence-electron chi connectivity index (χ0n) is 9.65. The lowest BCUT2D eigenvalue weighted by Crippen LogP contribution is -2.41. The average Bonchev–Trinajstić information content (AvgIpc) is 2.50. The first-order chi connectivity index (χ1) is 8.66. The van der Waals surface area contributed by atoms with Crippen LogP contribution < -0.4 is 5.32 Å². The van der Waals surface area contributed by atoms with Crippen molar-refractivity contribution in [2.24, 2.45) is 0 Å². The highest BCUT2D eigenvalue weighted by Crippen LogP contribution is 2.34. The number of nitrogens with one attached hydrogen (secondary N) is 1. The van der Waals surface area contributed by atoms with Crippen LogP contribution in [0.5, 0.6) is 0 Å². The highest BCUT2D eigenvalue weighted by atomic mass is 35.5. The molecule has 0 radical (unpaired) electrons. The number of amides is 2. The van der Waals surface area contributed by atoms with E-state index in [1.165, 1.54) is 0 Å². The number of fused-ring (bicyclic) bond motifs is 3. The second-order valence-electron chi connectivity index (χ2n) is 4.49. The third-order valence-corrected chi connectivity index (χ3v) is 3.82. The number of hydrogen-bond donors (Lipinski definition) is 1. The standard InChI is InChI=1S/C12H12ClN3O2/c13-8-1-3-14-12-7(8)2-4-16-9(12)5-10(17)15-6-11(16)18/h1,3,9H,2,4-6H2,(H,15,17). The molecule has 0 aromatic carbocycles. The van der Waals surface area contributed by atoms with E-state index < -0.39 is 0 Å². The van der Waals surface area contributed by atoms with Crippen molar-refractivity contribution in [3.63, 3.8) is 0 Å². The number of halogens is 1. The number of aromatic nitrogens is 1. The molecular formula is C12H12ClN3O2. The minimum absolute atomic E-state index is 0.0572. The molecule has 1 N–H and O–H groups in total. The zero-order chi connectivity index (χ0) is 12.7. The van der Waals surface area contributed by atoms with Gasteiger partial charge in [0.15, 0.2) is 0 Å². The van der Waals surface area contributed by atoms with E-state index in [9.17, 15) is 9.59 Å². The fraction of sp³-hybridized carbons (Fsp3) is 0.417. The van der Waals surface area contributed by atoms with E-state index in [1.807, 2.05) is 0 Å². The monoisotopic (exact) mass is 265 g/mol. The van der Waals surface area contributed by atoms with Crippen molar-refractivity contribution in [3.05, 3.63) is 28.5 Å². The normalized spacial score (nSPS) is 22.9. The van der Waals surface area contributed by atoms with Gasteiger partial charge in [0.2, 0.25) is 11.8 Å². The van der Waals surface area contributed by atoms with Crippen LogP contribution in [0.15, 0.2) is 12.3 Å². The predicted molar refractivity (Wildman–Crippen MR) is 65.0 cm³/mol. The third-order valence-electron chi connectivity index (χ3n) is 3.46. The lowest BCUT2D eigenvalue weighted by Gasteiger charge is -2.34. The molecule has 5 nitrogen and oxygen atoms in total. The molecule has 1 saturated heterocycles. The summed E-state index contributed by atoms with van der Waals surface area (Å²) in [6.45, 7) is 0.669. The van der Waals surface area contributed by atoms with Gasteiger partial charge in [-0.15, -0.1) is 0 Å². The Morgan fingerprint density at radius 2 is 2.28 bits per heavy atom. The molecule has 2 amide bonds. The molecule has 0 saturated carbocycles. The summed E-state index contributed by atoms with van der Waals surface area (Å²) in [5, 5.41) is 3.27. The summed E-state index contributed by atoms with van der Waals surface area (Å²) in [7, 11) is 0. The van der Waals surface area contributed by atoms with Gasteiger partial charge in [0.1, 0.15) is 0 Å². The highest BCUT2D eigenvalue weighted by Gasteiger charge is 2.36. The van der Waals surface area contributed by atoms with Crippen LogP contribution in [-0.4, -0.2) is 34.8 Å². The summed E-state index contributed by atoms with van der Waals surface area (Å²) in [4.78, 5) is 29.6. The van der Waals surface area contributed by atoms with E-state index in [-0.39, 0.29) is 30.8 Å². The molecule has 0 spiro atoms. The predicted octanol–water partition coefficient (Wildman–Crippen LogP) is 0.681. The fourth-order valence-corrected chi connectivity index (χ4v) is 2.83. The molecule has 1 fully saturated rings. The largest absolute Gasteiger partial charge is 0.347 e. The number of pyridine rings is 1. The molecule has 3 rings (SSSR count). The van der Waals surface area contributed by atoms with Gasteiger partial charge in [0.05, 0.1) is 24.7 Å². The van der Waals surface area contributed by atoms with Gasteiger partial charge in [-0.05, 0) is 18.1 Å². The molecule has 1 unspecified atom stereocenters.